The number of nitrogens with zero attached hydrogens (tertiary/aromatic N) is 8. The fourth-order valence-electron chi connectivity index (χ4n) is 24.1. The fourth-order valence-corrected chi connectivity index (χ4v) is 24.1. The van der Waals surface area contributed by atoms with Gasteiger partial charge in [0.2, 0.25) is 0 Å². The smallest absolute Gasteiger partial charge is 0.393 e. The van der Waals surface area contributed by atoms with E-state index in [-0.39, 0.29) is 50.8 Å². The normalized spacial score (nSPS) is 41.9. The molecule has 12 aliphatic carbocycles. The van der Waals surface area contributed by atoms with Crippen molar-refractivity contribution in [3.8, 4) is 0 Å². The lowest BCUT2D eigenvalue weighted by atomic mass is 9.46. The van der Waals surface area contributed by atoms with Crippen molar-refractivity contribution in [2.45, 2.75) is 195 Å². The average Bonchev–Trinajstić information content (AvgIpc) is 1.75. The molecule has 18 unspecified atom stereocenters. The first-order chi connectivity index (χ1) is 42.1. The second kappa shape index (κ2) is 18.8. The average molecular weight is 1170 g/mol. The maximum Gasteiger partial charge on any atom is 0.440 e. The van der Waals surface area contributed by atoms with Crippen LogP contribution in [-0.4, -0.2) is 57.1 Å². The lowest BCUT2D eigenvalue weighted by Crippen LogP contribution is -2.54. The zero-order chi connectivity index (χ0) is 58.7. The molecule has 6 aromatic heterocycles. The monoisotopic (exact) mass is 1160 g/mol. The summed E-state index contributed by atoms with van der Waals surface area (Å²) in [6.07, 6.45) is 53.2. The standard InChI is InChI=1S/C76H92N8O3/c1-71-28-21-48(85)38-46(71)11-13-52-57-19-20-64(75(57,5)33-25-61(52)71)69-44-77-70-81(69)34-9-36-84(70)87-50-23-30-72(2)47(39-50)12-14-51-56-15-17-60(73(56,3)31-24-62(51)72)55-43-79-83-45-80(37-27-67(55)83)68-41-53-58-16-18-59(54-42-78-82-35-8-7-10-66(54)82)74(58,4)32-26-63(53)76(6)29-22-49(86)40-65(68)76/h7-12,17-18,20,27,34-37,42-45,48-53,56-58,61-63,85-86H,13-16,19,21-26,28-33,38-41H2,1-6H3/q+2. The van der Waals surface area contributed by atoms with E-state index >= 15 is 0 Å². The van der Waals surface area contributed by atoms with Crippen LogP contribution in [0.1, 0.15) is 193 Å². The summed E-state index contributed by atoms with van der Waals surface area (Å²) in [5, 5.41) is 32.0. The molecule has 11 heteroatoms. The number of aliphatic hydroxyl groups is 2. The second-order valence-electron chi connectivity index (χ2n) is 32.1. The van der Waals surface area contributed by atoms with E-state index in [1.807, 2.05) is 9.25 Å². The molecule has 0 aliphatic heterocycles. The number of rotatable bonds is 6. The molecular weight excluding hydrogens is 1070 g/mol. The summed E-state index contributed by atoms with van der Waals surface area (Å²) in [7, 11) is 0. The molecule has 0 radical (unpaired) electrons. The van der Waals surface area contributed by atoms with Crippen molar-refractivity contribution in [2.24, 2.45) is 85.8 Å². The van der Waals surface area contributed by atoms with Crippen molar-refractivity contribution in [2.75, 3.05) is 0 Å². The van der Waals surface area contributed by atoms with E-state index in [0.717, 1.165) is 102 Å². The first-order valence-corrected chi connectivity index (χ1v) is 34.5. The Balaban J connectivity index is 0.571. The highest BCUT2D eigenvalue weighted by molar-refractivity contribution is 5.83. The van der Waals surface area contributed by atoms with E-state index in [1.54, 1.807) is 11.1 Å². The summed E-state index contributed by atoms with van der Waals surface area (Å²) < 4.78 is 11.0. The van der Waals surface area contributed by atoms with E-state index in [1.165, 1.54) is 94.4 Å². The highest BCUT2D eigenvalue weighted by Gasteiger charge is 2.62. The van der Waals surface area contributed by atoms with Crippen LogP contribution >= 0.6 is 0 Å². The van der Waals surface area contributed by atoms with Gasteiger partial charge in [-0.3, -0.25) is 0 Å². The zero-order valence-electron chi connectivity index (χ0n) is 52.6. The van der Waals surface area contributed by atoms with Crippen molar-refractivity contribution in [1.82, 2.24) is 28.6 Å². The maximum atomic E-state index is 11.4. The van der Waals surface area contributed by atoms with Crippen LogP contribution in [0.4, 0.5) is 0 Å². The van der Waals surface area contributed by atoms with Gasteiger partial charge in [-0.05, 0) is 242 Å². The van der Waals surface area contributed by atoms with Crippen molar-refractivity contribution < 1.29 is 24.3 Å². The predicted molar refractivity (Wildman–Crippen MR) is 339 cm³/mol. The van der Waals surface area contributed by atoms with Gasteiger partial charge in [0.25, 0.3) is 6.33 Å². The van der Waals surface area contributed by atoms with Crippen molar-refractivity contribution in [3.05, 3.63) is 144 Å². The molecule has 11 nitrogen and oxygen atoms in total. The van der Waals surface area contributed by atoms with Crippen molar-refractivity contribution in [3.63, 3.8) is 0 Å². The third-order valence-electron chi connectivity index (χ3n) is 28.8. The van der Waals surface area contributed by atoms with Gasteiger partial charge in [-0.2, -0.15) is 9.50 Å². The summed E-state index contributed by atoms with van der Waals surface area (Å²) in [4.78, 5) is 12.2. The van der Waals surface area contributed by atoms with Crippen LogP contribution in [0.15, 0.2) is 127 Å². The molecular formula is C76H92N8O3+2. The first kappa shape index (κ1) is 54.1. The Labute approximate surface area is 514 Å². The van der Waals surface area contributed by atoms with Crippen LogP contribution in [0.2, 0.25) is 0 Å². The molecule has 0 amide bonds. The van der Waals surface area contributed by atoms with Gasteiger partial charge in [0.15, 0.2) is 5.52 Å². The predicted octanol–water partition coefficient (Wildman–Crippen LogP) is 14.3. The minimum Gasteiger partial charge on any atom is -0.393 e. The summed E-state index contributed by atoms with van der Waals surface area (Å²) in [6.45, 7) is 15.5. The molecule has 0 bridgehead atoms. The number of fused-ring (bicyclic) bond motifs is 18. The molecule has 0 spiro atoms. The van der Waals surface area contributed by atoms with Gasteiger partial charge in [-0.15, -0.1) is 4.52 Å². The van der Waals surface area contributed by atoms with E-state index in [0.29, 0.717) is 53.3 Å². The maximum absolute atomic E-state index is 11.4. The van der Waals surface area contributed by atoms with Crippen LogP contribution in [-0.2, 0) is 0 Å². The van der Waals surface area contributed by atoms with Crippen LogP contribution < -0.4 is 14.1 Å². The van der Waals surface area contributed by atoms with Crippen molar-refractivity contribution >= 4 is 39.2 Å². The lowest BCUT2D eigenvalue weighted by Gasteiger charge is -2.58. The Morgan fingerprint density at radius 3 is 1.78 bits per heavy atom. The molecule has 2 N–H and O–H groups in total. The molecule has 12 aliphatic rings. The number of allylic oxidation sites excluding steroid dienone is 9. The number of aliphatic hydroxyl groups excluding tert-OH is 2. The molecule has 452 valence electrons. The third kappa shape index (κ3) is 7.45. The van der Waals surface area contributed by atoms with Gasteiger partial charge in [-0.25, -0.2) is 9.08 Å². The Kier molecular flexibility index (Phi) is 11.7. The zero-order valence-corrected chi connectivity index (χ0v) is 52.6. The molecule has 6 saturated carbocycles. The first-order valence-electron chi connectivity index (χ1n) is 34.5. The summed E-state index contributed by atoms with van der Waals surface area (Å²) in [5.74, 6) is 6.60. The van der Waals surface area contributed by atoms with E-state index in [9.17, 15) is 10.2 Å². The fraction of sp³-hybridized carbons (Fsp3) is 0.592. The molecule has 6 fully saturated rings. The number of hydrogen-bond acceptors (Lipinski definition) is 6. The molecule has 0 saturated heterocycles. The summed E-state index contributed by atoms with van der Waals surface area (Å²) >= 11 is 0. The minimum atomic E-state index is -0.284. The highest BCUT2D eigenvalue weighted by Crippen LogP contribution is 2.70. The van der Waals surface area contributed by atoms with Crippen LogP contribution in [0, 0.1) is 85.8 Å². The molecule has 6 heterocycles. The van der Waals surface area contributed by atoms with Gasteiger partial charge in [0, 0.05) is 42.3 Å². The lowest BCUT2D eigenvalue weighted by molar-refractivity contribution is -0.883. The topological polar surface area (TPSA) is 109 Å². The van der Waals surface area contributed by atoms with E-state index < -0.39 is 0 Å². The van der Waals surface area contributed by atoms with Crippen LogP contribution in [0.5, 0.6) is 0 Å². The largest absolute Gasteiger partial charge is 0.440 e. The Morgan fingerprint density at radius 1 is 0.506 bits per heavy atom. The van der Waals surface area contributed by atoms with E-state index in [2.05, 4.69) is 165 Å². The van der Waals surface area contributed by atoms with Crippen LogP contribution in [0.25, 0.3) is 39.2 Å². The van der Waals surface area contributed by atoms with Crippen LogP contribution in [0.3, 0.4) is 0 Å². The quantitative estimate of drug-likeness (QED) is 0.127. The Bertz CT molecular complexity index is 4080. The number of pyridine rings is 1. The minimum absolute atomic E-state index is 0.0655. The summed E-state index contributed by atoms with van der Waals surface area (Å²) in [6, 6.07) is 11.0. The number of imidazole rings is 1. The van der Waals surface area contributed by atoms with Crippen molar-refractivity contribution in [1.29, 1.82) is 0 Å². The Hall–Kier alpha value is -5.91. The van der Waals surface area contributed by atoms with Gasteiger partial charge >= 0.3 is 5.78 Å². The molecule has 18 atom stereocenters. The molecule has 6 aromatic rings. The number of hydrogen-bond donors (Lipinski definition) is 2. The SMILES string of the molecule is CC12CCC(O[n+]3cccn4c(C5=CCC6C7CC=C8CC(O)CCC8(C)C7CCC56C)cnc43)CC1=CCC1C2CCC2(C)C(c3cnn4c[n+](C5=C6CC(O)CCC6(C)C6CCC7(C)C(c8cnn9ccccc89)=CCC7C6C5)ccc34)=CCC12. The Morgan fingerprint density at radius 2 is 1.08 bits per heavy atom. The molecule has 0 aromatic carbocycles. The van der Waals surface area contributed by atoms with Gasteiger partial charge in [0.1, 0.15) is 29.9 Å². The van der Waals surface area contributed by atoms with Gasteiger partial charge in [-0.1, -0.05) is 104 Å². The highest BCUT2D eigenvalue weighted by atomic mass is 16.7. The van der Waals surface area contributed by atoms with E-state index in [4.69, 9.17) is 20.0 Å². The molecule has 87 heavy (non-hydrogen) atoms. The van der Waals surface area contributed by atoms with Gasteiger partial charge in [0.05, 0.1) is 42.5 Å². The number of aromatic nitrogens is 8. The third-order valence-corrected chi connectivity index (χ3v) is 28.8. The molecule has 18 rings (SSSR count). The second-order valence-corrected chi connectivity index (χ2v) is 32.1. The summed E-state index contributed by atoms with van der Waals surface area (Å²) in [5.41, 5.74) is 17.7. The van der Waals surface area contributed by atoms with Gasteiger partial charge < -0.3 is 15.1 Å².